The van der Waals surface area contributed by atoms with Gasteiger partial charge in [0.15, 0.2) is 0 Å². The lowest BCUT2D eigenvalue weighted by molar-refractivity contribution is 0.478. The van der Waals surface area contributed by atoms with Gasteiger partial charge in [-0.15, -0.1) is 0 Å². The maximum atomic E-state index is 13.1. The van der Waals surface area contributed by atoms with Crippen molar-refractivity contribution in [3.05, 3.63) is 65.7 Å². The molecule has 19 heteroatoms. The lowest BCUT2D eigenvalue weighted by Crippen LogP contribution is -2.13. The maximum absolute atomic E-state index is 13.1. The van der Waals surface area contributed by atoms with E-state index >= 15 is 0 Å². The van der Waals surface area contributed by atoms with Gasteiger partial charge in [-0.2, -0.15) is 25.3 Å². The summed E-state index contributed by atoms with van der Waals surface area (Å²) in [5.41, 5.74) is 0. The molecule has 0 bridgehead atoms. The highest BCUT2D eigenvalue weighted by molar-refractivity contribution is 7.93. The molecule has 13 nitrogen and oxygen atoms in total. The highest BCUT2D eigenvalue weighted by Gasteiger charge is 2.31. The maximum Gasteiger partial charge on any atom is 0.296 e. The van der Waals surface area contributed by atoms with Gasteiger partial charge >= 0.3 is 0 Å². The van der Waals surface area contributed by atoms with Gasteiger partial charge in [0.2, 0.25) is 19.7 Å². The first-order valence-electron chi connectivity index (χ1n) is 9.13. The Bertz CT molecular complexity index is 1980. The van der Waals surface area contributed by atoms with Crippen LogP contribution >= 0.6 is 11.6 Å². The monoisotopic (exact) mass is 632 g/mol. The second-order valence-corrected chi connectivity index (χ2v) is 15.6. The predicted molar refractivity (Wildman–Crippen MR) is 125 cm³/mol. The van der Waals surface area contributed by atoms with E-state index in [1.807, 2.05) is 0 Å². The van der Waals surface area contributed by atoms with Crippen molar-refractivity contribution >= 4 is 61.6 Å². The minimum absolute atomic E-state index is 0.289. The molecule has 0 aliphatic heterocycles. The summed E-state index contributed by atoms with van der Waals surface area (Å²) >= 11 is 5.66. The van der Waals surface area contributed by atoms with Crippen LogP contribution in [0.5, 0.6) is 0 Å². The molecule has 0 spiro atoms. The number of sulfone groups is 2. The molecule has 0 aromatic heterocycles. The van der Waals surface area contributed by atoms with Crippen molar-refractivity contribution in [1.29, 1.82) is 0 Å². The van der Waals surface area contributed by atoms with Crippen LogP contribution < -0.4 is 0 Å². The number of rotatable bonds is 7. The second kappa shape index (κ2) is 9.40. The van der Waals surface area contributed by atoms with E-state index in [4.69, 9.17) is 16.2 Å². The standard InChI is InChI=1S/C18H13ClO13S5/c19-15-6-4-13(9-17(15)36(27,28)29)34(22,23)16-7-5-12(10-18(16)37(30,31)32)33(20,21)11-2-1-3-14(8-11)35(24,25)26/h1-10H,(H,24,25,26)(H,27,28,29)(H,30,31,32). The molecule has 0 saturated heterocycles. The molecule has 3 rings (SSSR count). The molecule has 3 aromatic rings. The van der Waals surface area contributed by atoms with Crippen molar-refractivity contribution in [1.82, 2.24) is 0 Å². The Morgan fingerprint density at radius 3 is 1.46 bits per heavy atom. The smallest absolute Gasteiger partial charge is 0.282 e. The third kappa shape index (κ3) is 5.86. The molecule has 3 N–H and O–H groups in total. The zero-order valence-corrected chi connectivity index (χ0v) is 22.5. The van der Waals surface area contributed by atoms with Crippen LogP contribution in [0.25, 0.3) is 0 Å². The summed E-state index contributed by atoms with van der Waals surface area (Å²) in [7, 11) is -25.0. The second-order valence-electron chi connectivity index (χ2n) is 7.11. The van der Waals surface area contributed by atoms with E-state index in [9.17, 15) is 51.2 Å². The van der Waals surface area contributed by atoms with Crippen LogP contribution in [0.3, 0.4) is 0 Å². The lowest BCUT2D eigenvalue weighted by Gasteiger charge is -2.13. The summed E-state index contributed by atoms with van der Waals surface area (Å²) in [6.07, 6.45) is 0. The molecule has 0 unspecified atom stereocenters. The van der Waals surface area contributed by atoms with Crippen molar-refractivity contribution in [2.75, 3.05) is 0 Å². The molecule has 0 aliphatic carbocycles. The first-order valence-corrected chi connectivity index (χ1v) is 16.8. The van der Waals surface area contributed by atoms with E-state index < -0.39 is 89.3 Å². The zero-order valence-electron chi connectivity index (χ0n) is 17.6. The summed E-state index contributed by atoms with van der Waals surface area (Å²) in [4.78, 5) is -6.91. The third-order valence-electron chi connectivity index (χ3n) is 4.70. The third-order valence-corrected chi connectivity index (χ3v) is 11.5. The fraction of sp³-hybridized carbons (Fsp3) is 0. The average molecular weight is 633 g/mol. The quantitative estimate of drug-likeness (QED) is 0.315. The molecule has 3 aromatic carbocycles. The van der Waals surface area contributed by atoms with E-state index in [-0.39, 0.29) is 6.07 Å². The largest absolute Gasteiger partial charge is 0.296 e. The van der Waals surface area contributed by atoms with Gasteiger partial charge in [0.05, 0.1) is 29.5 Å². The first kappa shape index (κ1) is 29.1. The van der Waals surface area contributed by atoms with E-state index in [1.165, 1.54) is 0 Å². The van der Waals surface area contributed by atoms with E-state index in [0.717, 1.165) is 30.3 Å². The van der Waals surface area contributed by atoms with Crippen molar-refractivity contribution in [2.45, 2.75) is 34.3 Å². The summed E-state index contributed by atoms with van der Waals surface area (Å²) in [6, 6.07) is 6.71. The van der Waals surface area contributed by atoms with Gasteiger partial charge < -0.3 is 0 Å². The van der Waals surface area contributed by atoms with Gasteiger partial charge in [-0.25, -0.2) is 16.8 Å². The fourth-order valence-electron chi connectivity index (χ4n) is 2.99. The Balaban J connectivity index is 2.28. The molecular formula is C18H13ClO13S5. The highest BCUT2D eigenvalue weighted by Crippen LogP contribution is 2.34. The van der Waals surface area contributed by atoms with Crippen LogP contribution in [0.2, 0.25) is 5.02 Å². The van der Waals surface area contributed by atoms with Crippen LogP contribution in [0.4, 0.5) is 0 Å². The van der Waals surface area contributed by atoms with E-state index in [1.54, 1.807) is 0 Å². The fourth-order valence-corrected chi connectivity index (χ4v) is 8.66. The van der Waals surface area contributed by atoms with Crippen molar-refractivity contribution in [3.63, 3.8) is 0 Å². The number of benzene rings is 3. The Morgan fingerprint density at radius 1 is 0.459 bits per heavy atom. The zero-order chi connectivity index (χ0) is 28.2. The van der Waals surface area contributed by atoms with Crippen LogP contribution in [0.1, 0.15) is 0 Å². The van der Waals surface area contributed by atoms with Crippen LogP contribution in [0, 0.1) is 0 Å². The molecule has 37 heavy (non-hydrogen) atoms. The van der Waals surface area contributed by atoms with Crippen LogP contribution in [-0.4, -0.2) is 55.7 Å². The normalized spacial score (nSPS) is 13.4. The van der Waals surface area contributed by atoms with Gasteiger partial charge in [-0.05, 0) is 54.6 Å². The van der Waals surface area contributed by atoms with Gasteiger partial charge in [0.25, 0.3) is 30.4 Å². The van der Waals surface area contributed by atoms with Crippen molar-refractivity contribution in [2.24, 2.45) is 0 Å². The summed E-state index contributed by atoms with van der Waals surface area (Å²) in [5.74, 6) is 0. The Labute approximate surface area is 216 Å². The molecule has 0 saturated carbocycles. The number of halogens is 1. The Kier molecular flexibility index (Phi) is 7.40. The molecule has 0 fully saturated rings. The molecule has 200 valence electrons. The predicted octanol–water partition coefficient (Wildman–Crippen LogP) is 1.75. The lowest BCUT2D eigenvalue weighted by atomic mass is 10.3. The molecule has 0 amide bonds. The minimum atomic E-state index is -5.44. The summed E-state index contributed by atoms with van der Waals surface area (Å²) in [6.45, 7) is 0. The Morgan fingerprint density at radius 2 is 0.919 bits per heavy atom. The van der Waals surface area contributed by atoms with E-state index in [0.29, 0.717) is 24.3 Å². The van der Waals surface area contributed by atoms with Gasteiger partial charge in [-0.3, -0.25) is 13.7 Å². The minimum Gasteiger partial charge on any atom is -0.282 e. The van der Waals surface area contributed by atoms with E-state index in [2.05, 4.69) is 0 Å². The molecular weight excluding hydrogens is 620 g/mol. The molecule has 0 aliphatic rings. The number of hydrogen-bond donors (Lipinski definition) is 3. The molecule has 0 radical (unpaired) electrons. The SMILES string of the molecule is O=S(=O)(O)c1cccc(S(=O)(=O)c2ccc(S(=O)(=O)c3ccc(Cl)c(S(=O)(=O)O)c3)c(S(=O)(=O)O)c2)c1. The van der Waals surface area contributed by atoms with Gasteiger partial charge in [-0.1, -0.05) is 17.7 Å². The molecule has 0 heterocycles. The van der Waals surface area contributed by atoms with Gasteiger partial charge in [0, 0.05) is 0 Å². The van der Waals surface area contributed by atoms with Crippen molar-refractivity contribution in [3.8, 4) is 0 Å². The van der Waals surface area contributed by atoms with Crippen LogP contribution in [-0.2, 0) is 50.0 Å². The summed E-state index contributed by atoms with van der Waals surface area (Å²) < 4.78 is 150. The summed E-state index contributed by atoms with van der Waals surface area (Å²) in [5, 5.41) is -0.565. The highest BCUT2D eigenvalue weighted by atomic mass is 35.5. The Hall–Kier alpha value is -2.42. The van der Waals surface area contributed by atoms with Gasteiger partial charge in [0.1, 0.15) is 9.79 Å². The topological polar surface area (TPSA) is 231 Å². The number of hydrogen-bond acceptors (Lipinski definition) is 10. The average Bonchev–Trinajstić information content (AvgIpc) is 2.77. The first-order chi connectivity index (χ1) is 16.7. The van der Waals surface area contributed by atoms with Crippen LogP contribution in [0.15, 0.2) is 94.9 Å². The molecule has 0 atom stereocenters. The van der Waals surface area contributed by atoms with Crippen molar-refractivity contribution < 1.29 is 55.7 Å².